The maximum Gasteiger partial charge on any atom is 0.212 e. The molecule has 0 aliphatic heterocycles. The van der Waals surface area contributed by atoms with Gasteiger partial charge in [0.25, 0.3) is 0 Å². The van der Waals surface area contributed by atoms with Gasteiger partial charge < -0.3 is 10.3 Å². The van der Waals surface area contributed by atoms with E-state index in [0.29, 0.717) is 12.2 Å². The number of nitriles is 2. The molecule has 0 amide bonds. The molecule has 0 fully saturated rings. The second kappa shape index (κ2) is 4.12. The van der Waals surface area contributed by atoms with Crippen LogP contribution in [0.3, 0.4) is 0 Å². The first kappa shape index (κ1) is 11.2. The summed E-state index contributed by atoms with van der Waals surface area (Å²) < 4.78 is 1.72. The summed E-state index contributed by atoms with van der Waals surface area (Å²) in [5, 5.41) is 17.6. The number of imidazole rings is 1. The number of hydrogen-bond donors (Lipinski definition) is 1. The zero-order chi connectivity index (χ0) is 11.5. The first-order valence-electron chi connectivity index (χ1n) is 4.63. The number of rotatable bonds is 3. The highest BCUT2D eigenvalue weighted by atomic mass is 15.1. The van der Waals surface area contributed by atoms with Gasteiger partial charge in [-0.25, -0.2) is 4.98 Å². The molecule has 5 heteroatoms. The van der Waals surface area contributed by atoms with Crippen LogP contribution in [0.1, 0.15) is 32.1 Å². The Morgan fingerprint density at radius 1 is 1.67 bits per heavy atom. The van der Waals surface area contributed by atoms with Gasteiger partial charge in [-0.3, -0.25) is 0 Å². The summed E-state index contributed by atoms with van der Waals surface area (Å²) in [4.78, 5) is 3.89. The van der Waals surface area contributed by atoms with Gasteiger partial charge in [-0.15, -0.1) is 0 Å². The van der Waals surface area contributed by atoms with Gasteiger partial charge in [-0.05, 0) is 20.3 Å². The van der Waals surface area contributed by atoms with Crippen LogP contribution in [-0.2, 0) is 0 Å². The standard InChI is InChI=1S/C10H13N5/c1-8(5-10(2,13)7-12)15-4-3-14-9(15)6-11/h3-4,8H,5,13H2,1-2H3. The van der Waals surface area contributed by atoms with E-state index < -0.39 is 5.54 Å². The third-order valence-corrected chi connectivity index (χ3v) is 2.22. The molecule has 1 rings (SSSR count). The Labute approximate surface area is 88.7 Å². The molecule has 0 bridgehead atoms. The number of nitrogens with zero attached hydrogens (tertiary/aromatic N) is 4. The predicted octanol–water partition coefficient (Wildman–Crippen LogP) is 0.947. The zero-order valence-electron chi connectivity index (χ0n) is 8.81. The van der Waals surface area contributed by atoms with Gasteiger partial charge in [0.1, 0.15) is 11.6 Å². The van der Waals surface area contributed by atoms with Crippen LogP contribution >= 0.6 is 0 Å². The van der Waals surface area contributed by atoms with Crippen LogP contribution in [0.5, 0.6) is 0 Å². The van der Waals surface area contributed by atoms with E-state index in [1.807, 2.05) is 19.1 Å². The van der Waals surface area contributed by atoms with E-state index in [-0.39, 0.29) is 6.04 Å². The first-order chi connectivity index (χ1) is 7.00. The molecule has 5 nitrogen and oxygen atoms in total. The molecule has 1 heterocycles. The van der Waals surface area contributed by atoms with Crippen molar-refractivity contribution in [3.8, 4) is 12.1 Å². The summed E-state index contributed by atoms with van der Waals surface area (Å²) in [6, 6.07) is 4.00. The third kappa shape index (κ3) is 2.55. The minimum atomic E-state index is -0.879. The molecule has 0 radical (unpaired) electrons. The monoisotopic (exact) mass is 203 g/mol. The summed E-state index contributed by atoms with van der Waals surface area (Å²) in [5.74, 6) is 0.344. The minimum absolute atomic E-state index is 0.0169. The van der Waals surface area contributed by atoms with Crippen molar-refractivity contribution in [2.45, 2.75) is 31.8 Å². The van der Waals surface area contributed by atoms with E-state index in [9.17, 15) is 0 Å². The average Bonchev–Trinajstić information content (AvgIpc) is 2.64. The molecule has 0 aromatic carbocycles. The lowest BCUT2D eigenvalue weighted by molar-refractivity contribution is 0.410. The number of hydrogen-bond acceptors (Lipinski definition) is 4. The molecular weight excluding hydrogens is 190 g/mol. The van der Waals surface area contributed by atoms with Crippen LogP contribution in [0.15, 0.2) is 12.4 Å². The summed E-state index contributed by atoms with van der Waals surface area (Å²) in [5.41, 5.74) is 4.86. The van der Waals surface area contributed by atoms with Crippen molar-refractivity contribution in [2.24, 2.45) is 5.73 Å². The molecule has 2 atom stereocenters. The number of nitrogens with two attached hydrogens (primary N) is 1. The van der Waals surface area contributed by atoms with Crippen LogP contribution in [0, 0.1) is 22.7 Å². The predicted molar refractivity (Wildman–Crippen MR) is 54.5 cm³/mol. The van der Waals surface area contributed by atoms with Gasteiger partial charge in [0, 0.05) is 18.4 Å². The highest BCUT2D eigenvalue weighted by Crippen LogP contribution is 2.19. The molecule has 2 unspecified atom stereocenters. The van der Waals surface area contributed by atoms with Crippen molar-refractivity contribution >= 4 is 0 Å². The molecule has 0 saturated heterocycles. The van der Waals surface area contributed by atoms with Gasteiger partial charge in [0.2, 0.25) is 5.82 Å². The molecule has 0 saturated carbocycles. The fourth-order valence-corrected chi connectivity index (χ4v) is 1.51. The van der Waals surface area contributed by atoms with Crippen molar-refractivity contribution < 1.29 is 0 Å². The molecule has 0 aliphatic rings. The lowest BCUT2D eigenvalue weighted by Crippen LogP contribution is -2.36. The van der Waals surface area contributed by atoms with Crippen LogP contribution < -0.4 is 5.73 Å². The maximum atomic E-state index is 8.80. The van der Waals surface area contributed by atoms with Gasteiger partial charge in [-0.2, -0.15) is 10.5 Å². The molecular formula is C10H13N5. The molecule has 0 aliphatic carbocycles. The third-order valence-electron chi connectivity index (χ3n) is 2.22. The maximum absolute atomic E-state index is 8.80. The molecule has 15 heavy (non-hydrogen) atoms. The minimum Gasteiger partial charge on any atom is -0.320 e. The quantitative estimate of drug-likeness (QED) is 0.791. The van der Waals surface area contributed by atoms with Crippen LogP contribution in [0.4, 0.5) is 0 Å². The van der Waals surface area contributed by atoms with E-state index >= 15 is 0 Å². The van der Waals surface area contributed by atoms with Gasteiger partial charge >= 0.3 is 0 Å². The van der Waals surface area contributed by atoms with Crippen molar-refractivity contribution in [3.63, 3.8) is 0 Å². The lowest BCUT2D eigenvalue weighted by Gasteiger charge is -2.21. The highest BCUT2D eigenvalue weighted by Gasteiger charge is 2.22. The van der Waals surface area contributed by atoms with Crippen molar-refractivity contribution in [1.82, 2.24) is 9.55 Å². The van der Waals surface area contributed by atoms with Gasteiger partial charge in [0.05, 0.1) is 6.07 Å². The SMILES string of the molecule is CC(CC(C)(N)C#N)n1ccnc1C#N. The average molecular weight is 203 g/mol. The Bertz CT molecular complexity index is 418. The summed E-state index contributed by atoms with van der Waals surface area (Å²) in [6.45, 7) is 3.58. The molecule has 1 aromatic heterocycles. The van der Waals surface area contributed by atoms with Crippen LogP contribution in [0.2, 0.25) is 0 Å². The van der Waals surface area contributed by atoms with Gasteiger partial charge in [-0.1, -0.05) is 0 Å². The first-order valence-corrected chi connectivity index (χ1v) is 4.63. The molecule has 0 spiro atoms. The Hall–Kier alpha value is -1.85. The van der Waals surface area contributed by atoms with E-state index in [4.69, 9.17) is 16.3 Å². The van der Waals surface area contributed by atoms with Gasteiger partial charge in [0.15, 0.2) is 0 Å². The van der Waals surface area contributed by atoms with E-state index in [2.05, 4.69) is 4.98 Å². The smallest absolute Gasteiger partial charge is 0.212 e. The highest BCUT2D eigenvalue weighted by molar-refractivity contribution is 5.13. The van der Waals surface area contributed by atoms with Crippen molar-refractivity contribution in [3.05, 3.63) is 18.2 Å². The second-order valence-electron chi connectivity index (χ2n) is 3.85. The fourth-order valence-electron chi connectivity index (χ4n) is 1.51. The Kier molecular flexibility index (Phi) is 3.08. The zero-order valence-corrected chi connectivity index (χ0v) is 8.81. The van der Waals surface area contributed by atoms with Crippen LogP contribution in [-0.4, -0.2) is 15.1 Å². The molecule has 1 aromatic rings. The van der Waals surface area contributed by atoms with E-state index in [0.717, 1.165) is 0 Å². The Balaban J connectivity index is 2.84. The summed E-state index contributed by atoms with van der Waals surface area (Å²) in [7, 11) is 0. The second-order valence-corrected chi connectivity index (χ2v) is 3.85. The lowest BCUT2D eigenvalue weighted by atomic mass is 9.96. The summed E-state index contributed by atoms with van der Waals surface area (Å²) in [6.07, 6.45) is 3.76. The molecule has 78 valence electrons. The van der Waals surface area contributed by atoms with Crippen molar-refractivity contribution in [1.29, 1.82) is 10.5 Å². The van der Waals surface area contributed by atoms with Crippen molar-refractivity contribution in [2.75, 3.05) is 0 Å². The van der Waals surface area contributed by atoms with Crippen LogP contribution in [0.25, 0.3) is 0 Å². The van der Waals surface area contributed by atoms with E-state index in [1.165, 1.54) is 0 Å². The topological polar surface area (TPSA) is 91.4 Å². The summed E-state index contributed by atoms with van der Waals surface area (Å²) >= 11 is 0. The van der Waals surface area contributed by atoms with E-state index in [1.54, 1.807) is 23.9 Å². The normalized spacial score (nSPS) is 16.1. The number of aromatic nitrogens is 2. The fraction of sp³-hybridized carbons (Fsp3) is 0.500. The Morgan fingerprint density at radius 3 is 2.87 bits per heavy atom. The Morgan fingerprint density at radius 2 is 2.33 bits per heavy atom. The molecule has 2 N–H and O–H groups in total. The largest absolute Gasteiger partial charge is 0.320 e.